The van der Waals surface area contributed by atoms with E-state index in [4.69, 9.17) is 4.74 Å². The first-order valence-corrected chi connectivity index (χ1v) is 9.33. The maximum atomic E-state index is 12.4. The van der Waals surface area contributed by atoms with Crippen LogP contribution in [0.25, 0.3) is 11.3 Å². The molecule has 1 amide bonds. The van der Waals surface area contributed by atoms with Crippen LogP contribution in [-0.2, 0) is 12.8 Å². The van der Waals surface area contributed by atoms with Gasteiger partial charge in [0.2, 0.25) is 0 Å². The zero-order valence-electron chi connectivity index (χ0n) is 13.2. The Balaban J connectivity index is 1.39. The number of benzene rings is 1. The van der Waals surface area contributed by atoms with E-state index in [1.807, 2.05) is 11.0 Å². The molecule has 1 saturated carbocycles. The van der Waals surface area contributed by atoms with Crippen molar-refractivity contribution in [3.63, 3.8) is 0 Å². The minimum atomic E-state index is -0.260. The Hall–Kier alpha value is -1.82. The summed E-state index contributed by atoms with van der Waals surface area (Å²) in [7, 11) is 0. The normalized spacial score (nSPS) is 24.0. The molecule has 0 spiro atoms. The van der Waals surface area contributed by atoms with Crippen LogP contribution in [0.15, 0.2) is 22.7 Å². The number of nitrogens with one attached hydrogen (secondary N) is 1. The molecule has 0 radical (unpaired) electrons. The lowest BCUT2D eigenvalue weighted by Crippen LogP contribution is -2.39. The number of aromatic amines is 1. The topological polar surface area (TPSA) is 58.2 Å². The van der Waals surface area contributed by atoms with E-state index in [0.29, 0.717) is 18.0 Å². The molecule has 2 fully saturated rings. The first-order chi connectivity index (χ1) is 11.7. The first kappa shape index (κ1) is 14.5. The van der Waals surface area contributed by atoms with Crippen LogP contribution in [0.3, 0.4) is 0 Å². The number of ether oxygens (including phenoxy) is 1. The number of H-pyrrole nitrogens is 1. The standard InChI is InChI=1S/C18H18BrN3O2/c19-12-3-5-14-11(8-12)2-6-15-16(14)21-17(20-15)24-18(23)22-9-10-1-4-13(22)7-10/h3,5,8,10,13H,1-2,4,6-7,9H2,(H,20,21). The highest BCUT2D eigenvalue weighted by Gasteiger charge is 2.41. The first-order valence-electron chi connectivity index (χ1n) is 8.53. The number of nitrogens with zero attached hydrogens (tertiary/aromatic N) is 2. The summed E-state index contributed by atoms with van der Waals surface area (Å²) >= 11 is 3.52. The lowest BCUT2D eigenvalue weighted by atomic mass is 9.92. The number of hydrogen-bond acceptors (Lipinski definition) is 3. The number of aryl methyl sites for hydroxylation is 2. The molecule has 5 rings (SSSR count). The van der Waals surface area contributed by atoms with E-state index >= 15 is 0 Å². The third kappa shape index (κ3) is 2.27. The number of likely N-dealkylation sites (tertiary alicyclic amines) is 1. The van der Waals surface area contributed by atoms with Gasteiger partial charge in [-0.05, 0) is 55.7 Å². The molecule has 2 aromatic rings. The minimum absolute atomic E-state index is 0.260. The lowest BCUT2D eigenvalue weighted by Gasteiger charge is -2.25. The van der Waals surface area contributed by atoms with Gasteiger partial charge in [-0.25, -0.2) is 4.79 Å². The molecule has 5 nitrogen and oxygen atoms in total. The number of carbonyl (C=O) groups excluding carboxylic acids is 1. The monoisotopic (exact) mass is 387 g/mol. The molecule has 2 aliphatic carbocycles. The second kappa shape index (κ2) is 5.34. The smallest absolute Gasteiger partial charge is 0.375 e. The van der Waals surface area contributed by atoms with Gasteiger partial charge in [-0.2, -0.15) is 4.98 Å². The molecule has 3 aliphatic rings. The van der Waals surface area contributed by atoms with Crippen molar-refractivity contribution in [1.29, 1.82) is 0 Å². The number of halogens is 1. The summed E-state index contributed by atoms with van der Waals surface area (Å²) in [5.74, 6) is 0.665. The van der Waals surface area contributed by atoms with Crippen molar-refractivity contribution in [3.8, 4) is 17.3 Å². The molecule has 1 aromatic carbocycles. The van der Waals surface area contributed by atoms with Crippen LogP contribution in [0.4, 0.5) is 4.79 Å². The fourth-order valence-electron chi connectivity index (χ4n) is 4.39. The Morgan fingerprint density at radius 2 is 2.25 bits per heavy atom. The van der Waals surface area contributed by atoms with E-state index in [1.54, 1.807) is 0 Å². The van der Waals surface area contributed by atoms with E-state index in [2.05, 4.69) is 38.0 Å². The van der Waals surface area contributed by atoms with Crippen molar-refractivity contribution in [2.24, 2.45) is 5.92 Å². The third-order valence-electron chi connectivity index (χ3n) is 5.55. The Morgan fingerprint density at radius 1 is 1.33 bits per heavy atom. The van der Waals surface area contributed by atoms with Crippen molar-refractivity contribution >= 4 is 22.0 Å². The molecule has 1 N–H and O–H groups in total. The molecule has 1 aromatic heterocycles. The molecule has 2 bridgehead atoms. The summed E-state index contributed by atoms with van der Waals surface area (Å²) in [5.41, 5.74) is 4.36. The SMILES string of the molecule is O=C(Oc1nc2c([nH]1)CCc1cc(Br)ccc1-2)N1CC2CCC1C2. The molecule has 2 atom stereocenters. The molecule has 2 heterocycles. The maximum absolute atomic E-state index is 12.4. The highest BCUT2D eigenvalue weighted by atomic mass is 79.9. The van der Waals surface area contributed by atoms with Gasteiger partial charge < -0.3 is 14.6 Å². The highest BCUT2D eigenvalue weighted by molar-refractivity contribution is 9.10. The summed E-state index contributed by atoms with van der Waals surface area (Å²) < 4.78 is 6.63. The minimum Gasteiger partial charge on any atom is -0.375 e. The van der Waals surface area contributed by atoms with Gasteiger partial charge in [0.05, 0.1) is 5.69 Å². The summed E-state index contributed by atoms with van der Waals surface area (Å²) in [4.78, 5) is 22.1. The Labute approximate surface area is 148 Å². The molecular formula is C18H18BrN3O2. The average molecular weight is 388 g/mol. The maximum Gasteiger partial charge on any atom is 0.417 e. The van der Waals surface area contributed by atoms with Crippen molar-refractivity contribution in [1.82, 2.24) is 14.9 Å². The summed E-state index contributed by atoms with van der Waals surface area (Å²) in [6, 6.07) is 6.92. The van der Waals surface area contributed by atoms with E-state index < -0.39 is 0 Å². The van der Waals surface area contributed by atoms with Crippen molar-refractivity contribution < 1.29 is 9.53 Å². The van der Waals surface area contributed by atoms with Crippen LogP contribution < -0.4 is 4.74 Å². The number of fused-ring (bicyclic) bond motifs is 5. The number of amides is 1. The molecular weight excluding hydrogens is 370 g/mol. The zero-order chi connectivity index (χ0) is 16.3. The molecule has 1 saturated heterocycles. The molecule has 6 heteroatoms. The number of rotatable bonds is 1. The molecule has 1 aliphatic heterocycles. The van der Waals surface area contributed by atoms with E-state index in [9.17, 15) is 4.79 Å². The fraction of sp³-hybridized carbons (Fsp3) is 0.444. The third-order valence-corrected chi connectivity index (χ3v) is 6.04. The van der Waals surface area contributed by atoms with Gasteiger partial charge in [-0.15, -0.1) is 0 Å². The van der Waals surface area contributed by atoms with Crippen LogP contribution in [0.1, 0.15) is 30.5 Å². The summed E-state index contributed by atoms with van der Waals surface area (Å²) in [6.07, 6.45) is 5.08. The quantitative estimate of drug-likeness (QED) is 0.806. The molecule has 24 heavy (non-hydrogen) atoms. The average Bonchev–Trinajstić information content (AvgIpc) is 3.28. The Morgan fingerprint density at radius 3 is 3.04 bits per heavy atom. The van der Waals surface area contributed by atoms with Gasteiger partial charge in [0.25, 0.3) is 0 Å². The zero-order valence-corrected chi connectivity index (χ0v) is 14.8. The summed E-state index contributed by atoms with van der Waals surface area (Å²) in [5, 5.41) is 0. The second-order valence-corrected chi connectivity index (χ2v) is 7.94. The number of aromatic nitrogens is 2. The lowest BCUT2D eigenvalue weighted by molar-refractivity contribution is 0.134. The van der Waals surface area contributed by atoms with Crippen molar-refractivity contribution in [3.05, 3.63) is 33.9 Å². The van der Waals surface area contributed by atoms with Gasteiger partial charge in [0.1, 0.15) is 0 Å². The predicted octanol–water partition coefficient (Wildman–Crippen LogP) is 3.92. The van der Waals surface area contributed by atoms with Crippen LogP contribution in [0, 0.1) is 5.92 Å². The van der Waals surface area contributed by atoms with Gasteiger partial charge in [0, 0.05) is 28.3 Å². The Kier molecular flexibility index (Phi) is 3.23. The fourth-order valence-corrected chi connectivity index (χ4v) is 4.80. The van der Waals surface area contributed by atoms with Crippen LogP contribution in [-0.4, -0.2) is 33.5 Å². The van der Waals surface area contributed by atoms with Crippen LogP contribution in [0.2, 0.25) is 0 Å². The molecule has 124 valence electrons. The van der Waals surface area contributed by atoms with Gasteiger partial charge in [-0.3, -0.25) is 0 Å². The Bertz CT molecular complexity index is 832. The second-order valence-electron chi connectivity index (χ2n) is 7.02. The predicted molar refractivity (Wildman–Crippen MR) is 93.0 cm³/mol. The van der Waals surface area contributed by atoms with Crippen LogP contribution in [0.5, 0.6) is 6.01 Å². The van der Waals surface area contributed by atoms with E-state index in [1.165, 1.54) is 12.0 Å². The van der Waals surface area contributed by atoms with Gasteiger partial charge in [0.15, 0.2) is 0 Å². The highest BCUT2D eigenvalue weighted by Crippen LogP contribution is 2.38. The van der Waals surface area contributed by atoms with Crippen LogP contribution >= 0.6 is 15.9 Å². The van der Waals surface area contributed by atoms with E-state index in [-0.39, 0.29) is 6.09 Å². The van der Waals surface area contributed by atoms with Crippen molar-refractivity contribution in [2.75, 3.05) is 6.54 Å². The number of piperidine rings is 1. The van der Waals surface area contributed by atoms with E-state index in [0.717, 1.165) is 53.7 Å². The number of carbonyl (C=O) groups is 1. The summed E-state index contributed by atoms with van der Waals surface area (Å²) in [6.45, 7) is 0.834. The van der Waals surface area contributed by atoms with Crippen molar-refractivity contribution in [2.45, 2.75) is 38.1 Å². The largest absolute Gasteiger partial charge is 0.417 e. The van der Waals surface area contributed by atoms with Gasteiger partial charge >= 0.3 is 12.1 Å². The number of hydrogen-bond donors (Lipinski definition) is 1. The molecule has 2 unspecified atom stereocenters. The number of imidazole rings is 1. The van der Waals surface area contributed by atoms with Gasteiger partial charge in [-0.1, -0.05) is 22.0 Å².